The SMILES string of the molecule is O=C(NCCNC1CCN(c2ccccc2[N+](=O)[O-])CC1)N1C(=O)OCC1c1ccc(F)c(F)c1. The van der Waals surface area contributed by atoms with E-state index in [-0.39, 0.29) is 35.4 Å². The summed E-state index contributed by atoms with van der Waals surface area (Å²) in [6, 6.07) is 8.51. The van der Waals surface area contributed by atoms with E-state index in [0.717, 1.165) is 29.9 Å². The fourth-order valence-electron chi connectivity index (χ4n) is 4.35. The minimum absolute atomic E-state index is 0.0868. The molecule has 2 fully saturated rings. The van der Waals surface area contributed by atoms with Crippen LogP contribution in [0.1, 0.15) is 24.4 Å². The lowest BCUT2D eigenvalue weighted by Gasteiger charge is -2.33. The van der Waals surface area contributed by atoms with E-state index in [4.69, 9.17) is 4.74 Å². The van der Waals surface area contributed by atoms with Crippen LogP contribution in [0, 0.1) is 21.7 Å². The van der Waals surface area contributed by atoms with Crippen LogP contribution in [0.4, 0.5) is 29.7 Å². The minimum Gasteiger partial charge on any atom is -0.446 e. The van der Waals surface area contributed by atoms with Gasteiger partial charge in [-0.3, -0.25) is 10.1 Å². The molecule has 4 rings (SSSR count). The zero-order chi connectivity index (χ0) is 24.9. The Kier molecular flexibility index (Phi) is 7.39. The molecule has 12 heteroatoms. The van der Waals surface area contributed by atoms with Gasteiger partial charge in [-0.2, -0.15) is 0 Å². The van der Waals surface area contributed by atoms with Crippen LogP contribution in [0.2, 0.25) is 0 Å². The van der Waals surface area contributed by atoms with Crippen molar-refractivity contribution in [1.29, 1.82) is 0 Å². The molecule has 2 aliphatic rings. The molecular formula is C23H25F2N5O5. The molecule has 0 aromatic heterocycles. The van der Waals surface area contributed by atoms with Crippen molar-refractivity contribution in [3.63, 3.8) is 0 Å². The Morgan fingerprint density at radius 3 is 2.57 bits per heavy atom. The Hall–Kier alpha value is -3.80. The van der Waals surface area contributed by atoms with Crippen LogP contribution >= 0.6 is 0 Å². The number of piperidine rings is 1. The van der Waals surface area contributed by atoms with Crippen molar-refractivity contribution < 1.29 is 28.0 Å². The number of hydrogen-bond donors (Lipinski definition) is 2. The molecule has 1 unspecified atom stereocenters. The zero-order valence-corrected chi connectivity index (χ0v) is 18.8. The van der Waals surface area contributed by atoms with Crippen LogP contribution in [0.25, 0.3) is 0 Å². The second-order valence-corrected chi connectivity index (χ2v) is 8.33. The van der Waals surface area contributed by atoms with Gasteiger partial charge in [0.2, 0.25) is 0 Å². The lowest BCUT2D eigenvalue weighted by atomic mass is 10.0. The largest absolute Gasteiger partial charge is 0.446 e. The fourth-order valence-corrected chi connectivity index (χ4v) is 4.35. The summed E-state index contributed by atoms with van der Waals surface area (Å²) in [6.45, 7) is 1.85. The molecule has 2 heterocycles. The van der Waals surface area contributed by atoms with E-state index in [1.807, 2.05) is 4.90 Å². The fraction of sp³-hybridized carbons (Fsp3) is 0.391. The number of nitro groups is 1. The van der Waals surface area contributed by atoms with Crippen LogP contribution in [0.15, 0.2) is 42.5 Å². The molecule has 35 heavy (non-hydrogen) atoms. The number of benzene rings is 2. The van der Waals surface area contributed by atoms with Gasteiger partial charge in [0.15, 0.2) is 11.6 Å². The van der Waals surface area contributed by atoms with Gasteiger partial charge in [0, 0.05) is 38.3 Å². The van der Waals surface area contributed by atoms with Gasteiger partial charge in [-0.15, -0.1) is 0 Å². The first-order valence-corrected chi connectivity index (χ1v) is 11.3. The van der Waals surface area contributed by atoms with Crippen molar-refractivity contribution in [3.8, 4) is 0 Å². The first-order valence-electron chi connectivity index (χ1n) is 11.3. The van der Waals surface area contributed by atoms with Gasteiger partial charge in [-0.05, 0) is 36.6 Å². The van der Waals surface area contributed by atoms with E-state index in [1.54, 1.807) is 18.2 Å². The molecule has 3 amide bonds. The van der Waals surface area contributed by atoms with Gasteiger partial charge in [0.25, 0.3) is 5.69 Å². The van der Waals surface area contributed by atoms with Crippen molar-refractivity contribution in [2.24, 2.45) is 0 Å². The number of halogens is 2. The van der Waals surface area contributed by atoms with Crippen molar-refractivity contribution >= 4 is 23.5 Å². The number of hydrogen-bond acceptors (Lipinski definition) is 7. The maximum atomic E-state index is 13.6. The molecule has 2 aromatic rings. The zero-order valence-electron chi connectivity index (χ0n) is 18.8. The summed E-state index contributed by atoms with van der Waals surface area (Å²) in [5.74, 6) is -2.09. The van der Waals surface area contributed by atoms with E-state index in [1.165, 1.54) is 12.1 Å². The van der Waals surface area contributed by atoms with Gasteiger partial charge < -0.3 is 20.3 Å². The number of carbonyl (C=O) groups excluding carboxylic acids is 2. The van der Waals surface area contributed by atoms with Crippen LogP contribution in [0.5, 0.6) is 0 Å². The monoisotopic (exact) mass is 489 g/mol. The molecule has 1 atom stereocenters. The van der Waals surface area contributed by atoms with Gasteiger partial charge in [0.05, 0.1) is 4.92 Å². The number of imide groups is 1. The summed E-state index contributed by atoms with van der Waals surface area (Å²) in [6.07, 6.45) is 0.695. The smallest absolute Gasteiger partial charge is 0.418 e. The molecule has 0 saturated carbocycles. The number of para-hydroxylation sites is 2. The van der Waals surface area contributed by atoms with E-state index in [0.29, 0.717) is 25.3 Å². The number of nitrogens with zero attached hydrogens (tertiary/aromatic N) is 3. The summed E-state index contributed by atoms with van der Waals surface area (Å²) in [5, 5.41) is 17.3. The van der Waals surface area contributed by atoms with Crippen molar-refractivity contribution in [3.05, 3.63) is 69.8 Å². The summed E-state index contributed by atoms with van der Waals surface area (Å²) in [5.41, 5.74) is 0.952. The van der Waals surface area contributed by atoms with Gasteiger partial charge >= 0.3 is 12.1 Å². The van der Waals surface area contributed by atoms with E-state index in [9.17, 15) is 28.5 Å². The number of amides is 3. The topological polar surface area (TPSA) is 117 Å². The van der Waals surface area contributed by atoms with Crippen LogP contribution < -0.4 is 15.5 Å². The molecule has 186 valence electrons. The predicted octanol–water partition coefficient (Wildman–Crippen LogP) is 3.33. The Labute approximate surface area is 200 Å². The van der Waals surface area contributed by atoms with Crippen LogP contribution in [-0.2, 0) is 4.74 Å². The molecule has 2 aliphatic heterocycles. The Morgan fingerprint density at radius 1 is 1.11 bits per heavy atom. The highest BCUT2D eigenvalue weighted by molar-refractivity contribution is 5.92. The first kappa shape index (κ1) is 24.3. The average molecular weight is 489 g/mol. The molecular weight excluding hydrogens is 464 g/mol. The van der Waals surface area contributed by atoms with Gasteiger partial charge in [-0.1, -0.05) is 18.2 Å². The average Bonchev–Trinajstić information content (AvgIpc) is 3.25. The third kappa shape index (κ3) is 5.48. The maximum absolute atomic E-state index is 13.6. The van der Waals surface area contributed by atoms with E-state index >= 15 is 0 Å². The molecule has 0 spiro atoms. The van der Waals surface area contributed by atoms with E-state index < -0.39 is 29.8 Å². The molecule has 0 aliphatic carbocycles. The quantitative estimate of drug-likeness (QED) is 0.348. The standard InChI is InChI=1S/C23H25F2N5O5/c24-17-6-5-15(13-18(17)25)21-14-35-23(32)29(21)22(31)27-10-9-26-16-7-11-28(12-8-16)19-3-1-2-4-20(19)30(33)34/h1-6,13,16,21,26H,7-12,14H2,(H,27,31). The second-order valence-electron chi connectivity index (χ2n) is 8.33. The Morgan fingerprint density at radius 2 is 1.86 bits per heavy atom. The molecule has 0 radical (unpaired) electrons. The molecule has 2 aromatic carbocycles. The van der Waals surface area contributed by atoms with Crippen LogP contribution in [-0.4, -0.2) is 60.8 Å². The predicted molar refractivity (Wildman–Crippen MR) is 122 cm³/mol. The number of anilines is 1. The second kappa shape index (κ2) is 10.6. The normalized spacial score (nSPS) is 18.5. The summed E-state index contributed by atoms with van der Waals surface area (Å²) >= 11 is 0. The number of carbonyl (C=O) groups is 2. The van der Waals surface area contributed by atoms with Crippen LogP contribution in [0.3, 0.4) is 0 Å². The summed E-state index contributed by atoms with van der Waals surface area (Å²) < 4.78 is 31.8. The third-order valence-corrected chi connectivity index (χ3v) is 6.17. The number of urea groups is 1. The van der Waals surface area contributed by atoms with Gasteiger partial charge in [0.1, 0.15) is 18.3 Å². The number of cyclic esters (lactones) is 1. The van der Waals surface area contributed by atoms with Gasteiger partial charge in [-0.25, -0.2) is 23.3 Å². The molecule has 0 bridgehead atoms. The number of nitro benzene ring substituents is 1. The van der Waals surface area contributed by atoms with Crippen molar-refractivity contribution in [2.75, 3.05) is 37.7 Å². The van der Waals surface area contributed by atoms with E-state index in [2.05, 4.69) is 10.6 Å². The Balaban J connectivity index is 1.23. The van der Waals surface area contributed by atoms with Crippen molar-refractivity contribution in [1.82, 2.24) is 15.5 Å². The first-order chi connectivity index (χ1) is 16.8. The highest BCUT2D eigenvalue weighted by Crippen LogP contribution is 2.30. The molecule has 2 N–H and O–H groups in total. The lowest BCUT2D eigenvalue weighted by molar-refractivity contribution is -0.384. The third-order valence-electron chi connectivity index (χ3n) is 6.17. The number of nitrogens with one attached hydrogen (secondary N) is 2. The molecule has 2 saturated heterocycles. The Bertz CT molecular complexity index is 1110. The maximum Gasteiger partial charge on any atom is 0.418 e. The lowest BCUT2D eigenvalue weighted by Crippen LogP contribution is -2.47. The highest BCUT2D eigenvalue weighted by Gasteiger charge is 2.39. The highest BCUT2D eigenvalue weighted by atomic mass is 19.2. The number of ether oxygens (including phenoxy) is 1. The molecule has 10 nitrogen and oxygen atoms in total. The minimum atomic E-state index is -1.07. The number of rotatable bonds is 7. The summed E-state index contributed by atoms with van der Waals surface area (Å²) in [4.78, 5) is 38.4. The summed E-state index contributed by atoms with van der Waals surface area (Å²) in [7, 11) is 0. The van der Waals surface area contributed by atoms with Crippen molar-refractivity contribution in [2.45, 2.75) is 24.9 Å².